The lowest BCUT2D eigenvalue weighted by Crippen LogP contribution is -2.34. The molecule has 4 nitrogen and oxygen atoms in total. The lowest BCUT2D eigenvalue weighted by Gasteiger charge is -2.33. The van der Waals surface area contributed by atoms with Crippen molar-refractivity contribution in [1.82, 2.24) is 0 Å². The molecule has 1 heterocycles. The van der Waals surface area contributed by atoms with Gasteiger partial charge in [0.25, 0.3) is 0 Å². The highest BCUT2D eigenvalue weighted by molar-refractivity contribution is 6.31. The average Bonchev–Trinajstić information content (AvgIpc) is 2.89. The largest absolute Gasteiger partial charge is 0.491 e. The molecule has 3 atom stereocenters. The first kappa shape index (κ1) is 25.3. The van der Waals surface area contributed by atoms with E-state index < -0.39 is 23.8 Å². The zero-order valence-electron chi connectivity index (χ0n) is 19.4. The van der Waals surface area contributed by atoms with Crippen molar-refractivity contribution >= 4 is 17.9 Å². The summed E-state index contributed by atoms with van der Waals surface area (Å²) in [6, 6.07) is 18.1. The molecule has 0 spiro atoms. The highest BCUT2D eigenvalue weighted by Gasteiger charge is 2.31. The van der Waals surface area contributed by atoms with Gasteiger partial charge in [0.15, 0.2) is 11.6 Å². The molecule has 0 saturated carbocycles. The molecular formula is C28H27ClF2O4. The van der Waals surface area contributed by atoms with Gasteiger partial charge >= 0.3 is 0 Å². The third-order valence-corrected chi connectivity index (χ3v) is 6.41. The summed E-state index contributed by atoms with van der Waals surface area (Å²) in [5, 5.41) is 0.432. The van der Waals surface area contributed by atoms with Gasteiger partial charge in [-0.3, -0.25) is 0 Å². The molecule has 0 N–H and O–H groups in total. The minimum Gasteiger partial charge on any atom is -0.491 e. The van der Waals surface area contributed by atoms with Gasteiger partial charge < -0.3 is 19.0 Å². The van der Waals surface area contributed by atoms with Gasteiger partial charge in [0, 0.05) is 24.3 Å². The van der Waals surface area contributed by atoms with E-state index in [-0.39, 0.29) is 30.4 Å². The van der Waals surface area contributed by atoms with Crippen LogP contribution < -0.4 is 4.74 Å². The Morgan fingerprint density at radius 1 is 1.03 bits per heavy atom. The van der Waals surface area contributed by atoms with E-state index in [9.17, 15) is 13.6 Å². The molecule has 4 rings (SSSR count). The molecule has 35 heavy (non-hydrogen) atoms. The van der Waals surface area contributed by atoms with E-state index >= 15 is 0 Å². The second-order valence-corrected chi connectivity index (χ2v) is 8.91. The maximum atomic E-state index is 14.7. The molecule has 0 aromatic heterocycles. The lowest BCUT2D eigenvalue weighted by atomic mass is 9.94. The third-order valence-electron chi connectivity index (χ3n) is 6.04. The van der Waals surface area contributed by atoms with E-state index in [4.69, 9.17) is 25.8 Å². The minimum atomic E-state index is -1.01. The SMILES string of the molecule is CCOc1ccc(Cc2cc(C3CC(OCc4ccccc4)CC(C=O)O3)ccc2Cl)c(F)c1F. The quantitative estimate of drug-likeness (QED) is 0.310. The first-order chi connectivity index (χ1) is 17.0. The molecule has 3 aromatic carbocycles. The van der Waals surface area contributed by atoms with Crippen LogP contribution in [0.5, 0.6) is 5.75 Å². The van der Waals surface area contributed by atoms with Crippen LogP contribution in [0.3, 0.4) is 0 Å². The van der Waals surface area contributed by atoms with Gasteiger partial charge in [-0.05, 0) is 41.3 Å². The third kappa shape index (κ3) is 6.26. The summed E-state index contributed by atoms with van der Waals surface area (Å²) >= 11 is 6.40. The summed E-state index contributed by atoms with van der Waals surface area (Å²) in [5.41, 5.74) is 2.65. The first-order valence-corrected chi connectivity index (χ1v) is 12.0. The van der Waals surface area contributed by atoms with Gasteiger partial charge in [0.1, 0.15) is 12.4 Å². The standard InChI is InChI=1S/C28H27ClF2O4/c1-2-33-25-11-9-20(27(30)28(25)31)13-21-12-19(8-10-24(21)29)26-15-22(14-23(16-32)35-26)34-17-18-6-4-3-5-7-18/h3-12,16,22-23,26H,2,13-15,17H2,1H3. The molecule has 1 aliphatic rings. The number of ether oxygens (including phenoxy) is 3. The average molecular weight is 501 g/mol. The Labute approximate surface area is 208 Å². The molecule has 1 aliphatic heterocycles. The van der Waals surface area contributed by atoms with E-state index in [1.54, 1.807) is 13.0 Å². The molecular weight excluding hydrogens is 474 g/mol. The van der Waals surface area contributed by atoms with Crippen LogP contribution in [0.4, 0.5) is 8.78 Å². The summed E-state index contributed by atoms with van der Waals surface area (Å²) in [4.78, 5) is 11.6. The molecule has 7 heteroatoms. The van der Waals surface area contributed by atoms with E-state index in [0.29, 0.717) is 30.0 Å². The lowest BCUT2D eigenvalue weighted by molar-refractivity contribution is -0.142. The Hall–Kier alpha value is -2.80. The number of carbonyl (C=O) groups excluding carboxylic acids is 1. The van der Waals surface area contributed by atoms with Crippen molar-refractivity contribution < 1.29 is 27.8 Å². The Morgan fingerprint density at radius 3 is 2.57 bits per heavy atom. The summed E-state index contributed by atoms with van der Waals surface area (Å²) < 4.78 is 46.2. The van der Waals surface area contributed by atoms with E-state index in [1.807, 2.05) is 42.5 Å². The van der Waals surface area contributed by atoms with Crippen LogP contribution in [0.1, 0.15) is 48.1 Å². The monoisotopic (exact) mass is 500 g/mol. The van der Waals surface area contributed by atoms with Crippen molar-refractivity contribution in [3.8, 4) is 5.75 Å². The molecule has 3 aromatic rings. The Morgan fingerprint density at radius 2 is 1.83 bits per heavy atom. The number of benzene rings is 3. The van der Waals surface area contributed by atoms with Crippen LogP contribution >= 0.6 is 11.6 Å². The maximum absolute atomic E-state index is 14.7. The van der Waals surface area contributed by atoms with Crippen molar-refractivity contribution in [1.29, 1.82) is 0 Å². The predicted molar refractivity (Wildman–Crippen MR) is 130 cm³/mol. The number of rotatable bonds is 9. The normalized spacial score (nSPS) is 19.9. The van der Waals surface area contributed by atoms with Crippen molar-refractivity contribution in [2.45, 2.75) is 51.1 Å². The molecule has 1 fully saturated rings. The van der Waals surface area contributed by atoms with Crippen LogP contribution in [-0.4, -0.2) is 25.1 Å². The number of carbonyl (C=O) groups is 1. The molecule has 0 aliphatic carbocycles. The van der Waals surface area contributed by atoms with Gasteiger partial charge in [-0.15, -0.1) is 0 Å². The highest BCUT2D eigenvalue weighted by Crippen LogP contribution is 2.35. The molecule has 184 valence electrons. The molecule has 3 unspecified atom stereocenters. The van der Waals surface area contributed by atoms with E-state index in [1.165, 1.54) is 12.1 Å². The number of hydrogen-bond donors (Lipinski definition) is 0. The van der Waals surface area contributed by atoms with Gasteiger partial charge in [0.2, 0.25) is 5.82 Å². The molecule has 0 amide bonds. The van der Waals surface area contributed by atoms with Gasteiger partial charge in [-0.2, -0.15) is 4.39 Å². The second-order valence-electron chi connectivity index (χ2n) is 8.50. The zero-order chi connectivity index (χ0) is 24.8. The van der Waals surface area contributed by atoms with Crippen molar-refractivity contribution in [3.63, 3.8) is 0 Å². The van der Waals surface area contributed by atoms with Crippen LogP contribution in [0, 0.1) is 11.6 Å². The number of aldehydes is 1. The summed E-state index contributed by atoms with van der Waals surface area (Å²) in [7, 11) is 0. The Balaban J connectivity index is 1.51. The Kier molecular flexibility index (Phi) is 8.50. The summed E-state index contributed by atoms with van der Waals surface area (Å²) in [6.07, 6.45) is 0.776. The van der Waals surface area contributed by atoms with Gasteiger partial charge in [-0.1, -0.05) is 60.1 Å². The number of halogens is 3. The van der Waals surface area contributed by atoms with Crippen LogP contribution in [0.25, 0.3) is 0 Å². The summed E-state index contributed by atoms with van der Waals surface area (Å²) in [6.45, 7) is 2.39. The van der Waals surface area contributed by atoms with Crippen molar-refractivity contribution in [2.24, 2.45) is 0 Å². The van der Waals surface area contributed by atoms with Crippen LogP contribution in [0.15, 0.2) is 60.7 Å². The maximum Gasteiger partial charge on any atom is 0.200 e. The van der Waals surface area contributed by atoms with Gasteiger partial charge in [0.05, 0.1) is 25.4 Å². The first-order valence-electron chi connectivity index (χ1n) is 11.6. The van der Waals surface area contributed by atoms with Crippen LogP contribution in [-0.2, 0) is 27.3 Å². The number of hydrogen-bond acceptors (Lipinski definition) is 4. The fourth-order valence-corrected chi connectivity index (χ4v) is 4.44. The van der Waals surface area contributed by atoms with Crippen molar-refractivity contribution in [3.05, 3.63) is 99.6 Å². The van der Waals surface area contributed by atoms with Crippen LogP contribution in [0.2, 0.25) is 5.02 Å². The van der Waals surface area contributed by atoms with E-state index in [0.717, 1.165) is 17.4 Å². The molecule has 0 radical (unpaired) electrons. The zero-order valence-corrected chi connectivity index (χ0v) is 20.1. The Bertz CT molecular complexity index is 1160. The highest BCUT2D eigenvalue weighted by atomic mass is 35.5. The predicted octanol–water partition coefficient (Wildman–Crippen LogP) is 6.61. The van der Waals surface area contributed by atoms with Crippen molar-refractivity contribution in [2.75, 3.05) is 6.61 Å². The minimum absolute atomic E-state index is 0.0968. The fraction of sp³-hybridized carbons (Fsp3) is 0.321. The van der Waals surface area contributed by atoms with Gasteiger partial charge in [-0.25, -0.2) is 4.39 Å². The second kappa shape index (κ2) is 11.8. The smallest absolute Gasteiger partial charge is 0.200 e. The topological polar surface area (TPSA) is 44.8 Å². The van der Waals surface area contributed by atoms with E-state index in [2.05, 4.69) is 0 Å². The molecule has 0 bridgehead atoms. The summed E-state index contributed by atoms with van der Waals surface area (Å²) in [5.74, 6) is -2.09. The fourth-order valence-electron chi connectivity index (χ4n) is 4.25. The molecule has 1 saturated heterocycles.